The van der Waals surface area contributed by atoms with Gasteiger partial charge in [-0.1, -0.05) is 17.7 Å². The minimum Gasteiger partial charge on any atom is -0.264 e. The fourth-order valence-corrected chi connectivity index (χ4v) is 2.01. The van der Waals surface area contributed by atoms with Crippen molar-refractivity contribution in [2.24, 2.45) is 0 Å². The molecule has 0 spiro atoms. The number of pyridine rings is 1. The van der Waals surface area contributed by atoms with Crippen LogP contribution in [-0.4, -0.2) is 4.98 Å². The number of aromatic nitrogens is 1. The van der Waals surface area contributed by atoms with Crippen LogP contribution in [0.15, 0.2) is 36.7 Å². The first-order valence-corrected chi connectivity index (χ1v) is 4.71. The molecule has 2 aromatic heterocycles. The number of thiophene rings is 1. The second-order valence-electron chi connectivity index (χ2n) is 2.35. The molecular formula is C9H6ClNS. The lowest BCUT2D eigenvalue weighted by atomic mass is 10.2. The Morgan fingerprint density at radius 1 is 1.25 bits per heavy atom. The summed E-state index contributed by atoms with van der Waals surface area (Å²) in [6.07, 6.45) is 3.60. The van der Waals surface area contributed by atoms with Crippen molar-refractivity contribution in [3.8, 4) is 10.4 Å². The van der Waals surface area contributed by atoms with E-state index in [4.69, 9.17) is 11.6 Å². The number of nitrogens with zero attached hydrogens (tertiary/aromatic N) is 1. The fourth-order valence-electron chi connectivity index (χ4n) is 0.978. The molecule has 2 aromatic rings. The standard InChI is InChI=1S/C9H6ClNS/c10-9-4-3-8(12-9)7-2-1-5-11-6-7/h1-6H. The summed E-state index contributed by atoms with van der Waals surface area (Å²) in [4.78, 5) is 5.19. The SMILES string of the molecule is Clc1ccc(-c2cccnc2)s1. The van der Waals surface area contributed by atoms with Gasteiger partial charge in [0.1, 0.15) is 0 Å². The molecule has 0 aliphatic heterocycles. The maximum absolute atomic E-state index is 5.81. The smallest absolute Gasteiger partial charge is 0.0934 e. The predicted octanol–water partition coefficient (Wildman–Crippen LogP) is 3.46. The van der Waals surface area contributed by atoms with Crippen LogP contribution in [0.25, 0.3) is 10.4 Å². The van der Waals surface area contributed by atoms with Crippen molar-refractivity contribution in [2.75, 3.05) is 0 Å². The van der Waals surface area contributed by atoms with Gasteiger partial charge >= 0.3 is 0 Å². The Labute approximate surface area is 79.7 Å². The van der Waals surface area contributed by atoms with Gasteiger partial charge in [0, 0.05) is 22.8 Å². The van der Waals surface area contributed by atoms with Crippen molar-refractivity contribution in [2.45, 2.75) is 0 Å². The van der Waals surface area contributed by atoms with Crippen LogP contribution in [-0.2, 0) is 0 Å². The molecule has 0 aliphatic rings. The molecule has 60 valence electrons. The van der Waals surface area contributed by atoms with Gasteiger partial charge in [0.25, 0.3) is 0 Å². The lowest BCUT2D eigenvalue weighted by Crippen LogP contribution is -1.72. The number of halogens is 1. The summed E-state index contributed by atoms with van der Waals surface area (Å²) in [6, 6.07) is 7.84. The zero-order valence-electron chi connectivity index (χ0n) is 6.20. The van der Waals surface area contributed by atoms with Crippen molar-refractivity contribution in [1.29, 1.82) is 0 Å². The van der Waals surface area contributed by atoms with Gasteiger partial charge in [-0.2, -0.15) is 0 Å². The van der Waals surface area contributed by atoms with Crippen molar-refractivity contribution in [1.82, 2.24) is 4.98 Å². The molecule has 2 heterocycles. The van der Waals surface area contributed by atoms with Crippen LogP contribution in [0, 0.1) is 0 Å². The van der Waals surface area contributed by atoms with E-state index in [1.165, 1.54) is 0 Å². The van der Waals surface area contributed by atoms with E-state index in [9.17, 15) is 0 Å². The second-order valence-corrected chi connectivity index (χ2v) is 4.06. The Hall–Kier alpha value is -0.860. The van der Waals surface area contributed by atoms with E-state index in [-0.39, 0.29) is 0 Å². The van der Waals surface area contributed by atoms with Crippen molar-refractivity contribution in [3.63, 3.8) is 0 Å². The third-order valence-electron chi connectivity index (χ3n) is 1.52. The van der Waals surface area contributed by atoms with Crippen LogP contribution in [0.3, 0.4) is 0 Å². The number of rotatable bonds is 1. The van der Waals surface area contributed by atoms with E-state index in [0.717, 1.165) is 14.8 Å². The average molecular weight is 196 g/mol. The van der Waals surface area contributed by atoms with Gasteiger partial charge in [-0.3, -0.25) is 4.98 Å². The quantitative estimate of drug-likeness (QED) is 0.679. The number of hydrogen-bond donors (Lipinski definition) is 0. The first-order valence-electron chi connectivity index (χ1n) is 3.52. The molecule has 3 heteroatoms. The molecule has 2 rings (SSSR count). The van der Waals surface area contributed by atoms with Crippen LogP contribution in [0.5, 0.6) is 0 Å². The van der Waals surface area contributed by atoms with E-state index in [2.05, 4.69) is 4.98 Å². The zero-order valence-corrected chi connectivity index (χ0v) is 7.77. The third kappa shape index (κ3) is 1.49. The first kappa shape index (κ1) is 7.77. The molecule has 0 unspecified atom stereocenters. The predicted molar refractivity (Wildman–Crippen MR) is 52.6 cm³/mol. The maximum atomic E-state index is 5.81. The summed E-state index contributed by atoms with van der Waals surface area (Å²) in [6.45, 7) is 0. The van der Waals surface area contributed by atoms with E-state index >= 15 is 0 Å². The highest BCUT2D eigenvalue weighted by atomic mass is 35.5. The molecule has 0 fully saturated rings. The fraction of sp³-hybridized carbons (Fsp3) is 0. The molecule has 0 atom stereocenters. The molecule has 0 bridgehead atoms. The van der Waals surface area contributed by atoms with Crippen LogP contribution in [0.1, 0.15) is 0 Å². The van der Waals surface area contributed by atoms with E-state index in [1.807, 2.05) is 30.5 Å². The number of hydrogen-bond acceptors (Lipinski definition) is 2. The van der Waals surface area contributed by atoms with Crippen LogP contribution in [0.2, 0.25) is 4.34 Å². The van der Waals surface area contributed by atoms with Gasteiger partial charge in [-0.15, -0.1) is 11.3 Å². The van der Waals surface area contributed by atoms with Crippen LogP contribution in [0.4, 0.5) is 0 Å². The summed E-state index contributed by atoms with van der Waals surface area (Å²) in [5.41, 5.74) is 1.12. The van der Waals surface area contributed by atoms with Gasteiger partial charge in [0.2, 0.25) is 0 Å². The van der Waals surface area contributed by atoms with E-state index in [1.54, 1.807) is 17.5 Å². The lowest BCUT2D eigenvalue weighted by molar-refractivity contribution is 1.33. The molecule has 0 aliphatic carbocycles. The second kappa shape index (κ2) is 3.25. The van der Waals surface area contributed by atoms with Crippen LogP contribution >= 0.6 is 22.9 Å². The normalized spacial score (nSPS) is 10.1. The topological polar surface area (TPSA) is 12.9 Å². The molecule has 0 saturated carbocycles. The minimum absolute atomic E-state index is 0.814. The van der Waals surface area contributed by atoms with E-state index < -0.39 is 0 Å². The minimum atomic E-state index is 0.814. The third-order valence-corrected chi connectivity index (χ3v) is 2.80. The summed E-state index contributed by atoms with van der Waals surface area (Å²) in [5.74, 6) is 0. The van der Waals surface area contributed by atoms with Crippen LogP contribution < -0.4 is 0 Å². The molecule has 1 nitrogen and oxygen atoms in total. The lowest BCUT2D eigenvalue weighted by Gasteiger charge is -1.92. The highest BCUT2D eigenvalue weighted by Crippen LogP contribution is 2.29. The molecular weight excluding hydrogens is 190 g/mol. The zero-order chi connectivity index (χ0) is 8.39. The van der Waals surface area contributed by atoms with Gasteiger partial charge in [-0.05, 0) is 18.2 Å². The Morgan fingerprint density at radius 3 is 2.75 bits per heavy atom. The largest absolute Gasteiger partial charge is 0.264 e. The van der Waals surface area contributed by atoms with Gasteiger partial charge < -0.3 is 0 Å². The van der Waals surface area contributed by atoms with Crippen molar-refractivity contribution in [3.05, 3.63) is 41.0 Å². The molecule has 0 amide bonds. The molecule has 0 radical (unpaired) electrons. The van der Waals surface area contributed by atoms with Gasteiger partial charge in [-0.25, -0.2) is 0 Å². The molecule has 0 N–H and O–H groups in total. The van der Waals surface area contributed by atoms with Crippen molar-refractivity contribution >= 4 is 22.9 Å². The molecule has 0 aromatic carbocycles. The molecule has 12 heavy (non-hydrogen) atoms. The average Bonchev–Trinajstić information content (AvgIpc) is 2.54. The van der Waals surface area contributed by atoms with E-state index in [0.29, 0.717) is 0 Å². The Balaban J connectivity index is 2.45. The summed E-state index contributed by atoms with van der Waals surface area (Å²) in [5, 5.41) is 0. The maximum Gasteiger partial charge on any atom is 0.0934 e. The highest BCUT2D eigenvalue weighted by molar-refractivity contribution is 7.19. The first-order chi connectivity index (χ1) is 5.86. The summed E-state index contributed by atoms with van der Waals surface area (Å²) >= 11 is 7.37. The Bertz CT molecular complexity index is 369. The molecule has 0 saturated heterocycles. The highest BCUT2D eigenvalue weighted by Gasteiger charge is 1.99. The Kier molecular flexibility index (Phi) is 2.11. The Morgan fingerprint density at radius 2 is 2.17 bits per heavy atom. The monoisotopic (exact) mass is 195 g/mol. The van der Waals surface area contributed by atoms with Gasteiger partial charge in [0.15, 0.2) is 0 Å². The summed E-state index contributed by atoms with van der Waals surface area (Å²) in [7, 11) is 0. The van der Waals surface area contributed by atoms with Crippen molar-refractivity contribution < 1.29 is 0 Å². The van der Waals surface area contributed by atoms with Gasteiger partial charge in [0.05, 0.1) is 4.34 Å². The summed E-state index contributed by atoms with van der Waals surface area (Å²) < 4.78 is 0.814.